The number of aromatic nitrogens is 2. The van der Waals surface area contributed by atoms with Crippen molar-refractivity contribution >= 4 is 16.8 Å². The van der Waals surface area contributed by atoms with Crippen LogP contribution in [0.5, 0.6) is 11.5 Å². The molecule has 3 aliphatic carbocycles. The predicted octanol–water partition coefficient (Wildman–Crippen LogP) is 11.5. The number of ether oxygens (including phenoxy) is 1. The Labute approximate surface area is 297 Å². The fourth-order valence-electron chi connectivity index (χ4n) is 9.34. The molecule has 0 bridgehead atoms. The minimum atomic E-state index is -0.425. The van der Waals surface area contributed by atoms with Crippen LogP contribution in [0.1, 0.15) is 39.3 Å². The Morgan fingerprint density at radius 2 is 1.41 bits per heavy atom. The van der Waals surface area contributed by atoms with Crippen molar-refractivity contribution in [3.8, 4) is 45.4 Å². The molecule has 0 radical (unpaired) electrons. The van der Waals surface area contributed by atoms with Crippen molar-refractivity contribution < 1.29 is 4.74 Å². The van der Waals surface area contributed by atoms with Crippen LogP contribution in [-0.4, -0.2) is 9.97 Å². The van der Waals surface area contributed by atoms with Crippen LogP contribution in [0.15, 0.2) is 164 Å². The van der Waals surface area contributed by atoms with Crippen molar-refractivity contribution in [2.45, 2.75) is 17.8 Å². The molecule has 1 spiro atoms. The second kappa shape index (κ2) is 10.8. The number of rotatable bonds is 3. The average Bonchev–Trinajstić information content (AvgIpc) is 3.49. The molecular weight excluding hydrogens is 621 g/mol. The SMILES string of the molecule is C1=CC2c3ccccc3C3(c4ccccc4Oc4c(-c5cc(-c6cc7c8c(cccc8c6)CC=C7)nc(-c6ccccc6)n5)cccc43)C2C=C1. The van der Waals surface area contributed by atoms with Gasteiger partial charge in [-0.15, -0.1) is 0 Å². The number of hydrogen-bond acceptors (Lipinski definition) is 3. The first-order chi connectivity index (χ1) is 25.3. The van der Waals surface area contributed by atoms with E-state index in [2.05, 4.69) is 152 Å². The normalized spacial score (nSPS) is 20.1. The minimum absolute atomic E-state index is 0.201. The van der Waals surface area contributed by atoms with Crippen LogP contribution < -0.4 is 4.74 Å². The minimum Gasteiger partial charge on any atom is -0.456 e. The molecule has 1 aliphatic heterocycles. The van der Waals surface area contributed by atoms with Crippen molar-refractivity contribution in [3.05, 3.63) is 197 Å². The standard InChI is InChI=1S/C48H32N2O/c1-2-13-31(14-3-1)47-49-42(34-27-32-17-10-15-30-16-11-18-33(28-34)45(30)32)29-43(50-47)37-21-12-25-41-46(37)51-44-26-9-8-24-40(44)48(41)38-22-6-4-19-35(38)36-20-5-7-23-39(36)48/h1-15,17-29,35,38H,16H2. The first kappa shape index (κ1) is 28.5. The summed E-state index contributed by atoms with van der Waals surface area (Å²) in [6.45, 7) is 0. The average molecular weight is 653 g/mol. The lowest BCUT2D eigenvalue weighted by Crippen LogP contribution is -2.37. The molecule has 51 heavy (non-hydrogen) atoms. The molecule has 3 unspecified atom stereocenters. The number of fused-ring (bicyclic) bond motifs is 9. The quantitative estimate of drug-likeness (QED) is 0.191. The van der Waals surface area contributed by atoms with Crippen molar-refractivity contribution in [2.75, 3.05) is 0 Å². The second-order valence-electron chi connectivity index (χ2n) is 14.0. The summed E-state index contributed by atoms with van der Waals surface area (Å²) in [5.41, 5.74) is 12.0. The van der Waals surface area contributed by atoms with Gasteiger partial charge >= 0.3 is 0 Å². The highest BCUT2D eigenvalue weighted by molar-refractivity contribution is 5.98. The van der Waals surface area contributed by atoms with E-state index < -0.39 is 5.41 Å². The maximum Gasteiger partial charge on any atom is 0.160 e. The van der Waals surface area contributed by atoms with Crippen molar-refractivity contribution in [1.29, 1.82) is 0 Å². The molecule has 4 aliphatic rings. The molecule has 3 heteroatoms. The topological polar surface area (TPSA) is 35.0 Å². The van der Waals surface area contributed by atoms with E-state index in [4.69, 9.17) is 14.7 Å². The number of allylic oxidation sites excluding steroid dienone is 5. The van der Waals surface area contributed by atoms with E-state index in [1.54, 1.807) is 0 Å². The van der Waals surface area contributed by atoms with Gasteiger partial charge in [0.05, 0.1) is 16.8 Å². The molecule has 2 heterocycles. The van der Waals surface area contributed by atoms with Crippen LogP contribution in [-0.2, 0) is 11.8 Å². The van der Waals surface area contributed by atoms with E-state index in [1.165, 1.54) is 44.2 Å². The highest BCUT2D eigenvalue weighted by Gasteiger charge is 2.56. The van der Waals surface area contributed by atoms with E-state index >= 15 is 0 Å². The van der Waals surface area contributed by atoms with Gasteiger partial charge in [0.1, 0.15) is 11.5 Å². The molecule has 0 saturated heterocycles. The summed E-state index contributed by atoms with van der Waals surface area (Å²) in [6.07, 6.45) is 14.7. The molecule has 3 nitrogen and oxygen atoms in total. The smallest absolute Gasteiger partial charge is 0.160 e. The summed E-state index contributed by atoms with van der Waals surface area (Å²) >= 11 is 0. The molecule has 11 rings (SSSR count). The van der Waals surface area contributed by atoms with Gasteiger partial charge < -0.3 is 4.74 Å². The van der Waals surface area contributed by atoms with E-state index in [-0.39, 0.29) is 11.8 Å². The Hall–Kier alpha value is -6.32. The van der Waals surface area contributed by atoms with Gasteiger partial charge in [0.25, 0.3) is 0 Å². The summed E-state index contributed by atoms with van der Waals surface area (Å²) in [6, 6.07) is 47.9. The van der Waals surface area contributed by atoms with Gasteiger partial charge in [0.2, 0.25) is 0 Å². The third kappa shape index (κ3) is 4.06. The number of nitrogens with zero attached hydrogens (tertiary/aromatic N) is 2. The van der Waals surface area contributed by atoms with Gasteiger partial charge in [-0.3, -0.25) is 0 Å². The van der Waals surface area contributed by atoms with Gasteiger partial charge in [0, 0.05) is 39.7 Å². The summed E-state index contributed by atoms with van der Waals surface area (Å²) in [5, 5.41) is 2.56. The molecule has 240 valence electrons. The molecule has 6 aromatic carbocycles. The van der Waals surface area contributed by atoms with Crippen molar-refractivity contribution in [2.24, 2.45) is 5.92 Å². The third-order valence-corrected chi connectivity index (χ3v) is 11.4. The Kier molecular flexibility index (Phi) is 6.06. The monoisotopic (exact) mass is 652 g/mol. The summed E-state index contributed by atoms with van der Waals surface area (Å²) in [4.78, 5) is 10.5. The van der Waals surface area contributed by atoms with Gasteiger partial charge in [-0.25, -0.2) is 9.97 Å². The van der Waals surface area contributed by atoms with Gasteiger partial charge in [-0.2, -0.15) is 0 Å². The van der Waals surface area contributed by atoms with Crippen molar-refractivity contribution in [1.82, 2.24) is 9.97 Å². The van der Waals surface area contributed by atoms with Crippen LogP contribution in [0.25, 0.3) is 50.8 Å². The second-order valence-corrected chi connectivity index (χ2v) is 14.0. The fraction of sp³-hybridized carbons (Fsp3) is 0.0833. The predicted molar refractivity (Wildman–Crippen MR) is 206 cm³/mol. The molecule has 0 amide bonds. The van der Waals surface area contributed by atoms with Crippen LogP contribution >= 0.6 is 0 Å². The molecule has 0 N–H and O–H groups in total. The summed E-state index contributed by atoms with van der Waals surface area (Å²) < 4.78 is 7.04. The number of benzene rings is 6. The van der Waals surface area contributed by atoms with Gasteiger partial charge in [-0.1, -0.05) is 140 Å². The van der Waals surface area contributed by atoms with E-state index in [0.29, 0.717) is 5.82 Å². The number of hydrogen-bond donors (Lipinski definition) is 0. The Morgan fingerprint density at radius 1 is 0.627 bits per heavy atom. The van der Waals surface area contributed by atoms with E-state index in [1.807, 2.05) is 18.2 Å². The molecule has 1 aromatic heterocycles. The maximum atomic E-state index is 7.04. The fourth-order valence-corrected chi connectivity index (χ4v) is 9.34. The van der Waals surface area contributed by atoms with Crippen LogP contribution in [0.3, 0.4) is 0 Å². The summed E-state index contributed by atoms with van der Waals surface area (Å²) in [7, 11) is 0. The zero-order valence-electron chi connectivity index (χ0n) is 27.8. The zero-order valence-corrected chi connectivity index (χ0v) is 27.8. The lowest BCUT2D eigenvalue weighted by atomic mass is 9.61. The van der Waals surface area contributed by atoms with E-state index in [9.17, 15) is 0 Å². The van der Waals surface area contributed by atoms with Crippen molar-refractivity contribution in [3.63, 3.8) is 0 Å². The molecule has 7 aromatic rings. The maximum absolute atomic E-state index is 7.04. The van der Waals surface area contributed by atoms with Gasteiger partial charge in [0.15, 0.2) is 5.82 Å². The van der Waals surface area contributed by atoms with Crippen LogP contribution in [0.2, 0.25) is 0 Å². The lowest BCUT2D eigenvalue weighted by molar-refractivity contribution is 0.375. The summed E-state index contributed by atoms with van der Waals surface area (Å²) in [5.74, 6) is 2.92. The Morgan fingerprint density at radius 3 is 2.35 bits per heavy atom. The van der Waals surface area contributed by atoms with Gasteiger partial charge in [-0.05, 0) is 69.8 Å². The highest BCUT2D eigenvalue weighted by Crippen LogP contribution is 2.65. The molecule has 0 saturated carbocycles. The molecule has 3 atom stereocenters. The van der Waals surface area contributed by atoms with E-state index in [0.717, 1.165) is 46.0 Å². The molecule has 0 fully saturated rings. The van der Waals surface area contributed by atoms with Crippen LogP contribution in [0.4, 0.5) is 0 Å². The first-order valence-electron chi connectivity index (χ1n) is 17.8. The lowest BCUT2D eigenvalue weighted by Gasteiger charge is -2.43. The zero-order chi connectivity index (χ0) is 33.5. The highest BCUT2D eigenvalue weighted by atomic mass is 16.5. The Bertz CT molecular complexity index is 2670. The van der Waals surface area contributed by atoms with Crippen LogP contribution in [0, 0.1) is 5.92 Å². The molecular formula is C48H32N2O. The first-order valence-corrected chi connectivity index (χ1v) is 17.8. The third-order valence-electron chi connectivity index (χ3n) is 11.4. The largest absolute Gasteiger partial charge is 0.456 e. The number of para-hydroxylation sites is 2. The Balaban J connectivity index is 1.18.